The zero-order valence-electron chi connectivity index (χ0n) is 19.3. The van der Waals surface area contributed by atoms with Gasteiger partial charge in [-0.05, 0) is 83.8 Å². The number of carbonyl (C=O) groups is 1. The van der Waals surface area contributed by atoms with E-state index in [-0.39, 0.29) is 11.3 Å². The lowest BCUT2D eigenvalue weighted by atomic mass is 10.1. The lowest BCUT2D eigenvalue weighted by Gasteiger charge is -2.16. The van der Waals surface area contributed by atoms with Crippen molar-refractivity contribution in [1.82, 2.24) is 4.72 Å². The second-order valence-corrected chi connectivity index (χ2v) is 11.4. The number of sulfonamides is 1. The first kappa shape index (κ1) is 25.3. The lowest BCUT2D eigenvalue weighted by molar-refractivity contribution is -0.140. The van der Waals surface area contributed by atoms with E-state index < -0.39 is 27.4 Å². The van der Waals surface area contributed by atoms with Crippen LogP contribution in [0.5, 0.6) is 11.5 Å². The van der Waals surface area contributed by atoms with Gasteiger partial charge in [0, 0.05) is 16.0 Å². The van der Waals surface area contributed by atoms with Crippen LogP contribution in [0.2, 0.25) is 10.0 Å². The molecule has 9 heteroatoms. The highest BCUT2D eigenvalue weighted by atomic mass is 35.5. The van der Waals surface area contributed by atoms with E-state index in [2.05, 4.69) is 4.72 Å². The van der Waals surface area contributed by atoms with Gasteiger partial charge in [0.05, 0.1) is 4.90 Å². The van der Waals surface area contributed by atoms with E-state index in [0.29, 0.717) is 27.1 Å². The Morgan fingerprint density at radius 3 is 2.00 bits per heavy atom. The topological polar surface area (TPSA) is 92.7 Å². The van der Waals surface area contributed by atoms with Crippen LogP contribution in [0.25, 0.3) is 11.1 Å². The third-order valence-corrected chi connectivity index (χ3v) is 8.34. The first-order chi connectivity index (χ1) is 17.7. The molecule has 2 unspecified atom stereocenters. The van der Waals surface area contributed by atoms with Crippen molar-refractivity contribution in [2.24, 2.45) is 0 Å². The molecular weight excluding hydrogens is 533 g/mol. The highest BCUT2D eigenvalue weighted by Crippen LogP contribution is 2.53. The summed E-state index contributed by atoms with van der Waals surface area (Å²) in [5, 5.41) is 11.2. The van der Waals surface area contributed by atoms with E-state index in [1.165, 1.54) is 12.1 Å². The zero-order chi connectivity index (χ0) is 26.2. The molecule has 0 spiro atoms. The number of halogens is 2. The average molecular weight is 554 g/mol. The van der Waals surface area contributed by atoms with Crippen molar-refractivity contribution in [2.45, 2.75) is 22.8 Å². The Hall–Kier alpha value is -3.36. The maximum absolute atomic E-state index is 13.2. The summed E-state index contributed by atoms with van der Waals surface area (Å²) >= 11 is 11.9. The first-order valence-electron chi connectivity index (χ1n) is 11.3. The summed E-state index contributed by atoms with van der Waals surface area (Å²) in [5.41, 5.74) is 0.707. The largest absolute Gasteiger partial charge is 0.480 e. The molecule has 0 aromatic heterocycles. The number of carboxylic acids is 1. The Morgan fingerprint density at radius 2 is 1.41 bits per heavy atom. The highest BCUT2D eigenvalue weighted by Gasteiger charge is 2.63. The Balaban J connectivity index is 1.35. The highest BCUT2D eigenvalue weighted by molar-refractivity contribution is 7.89. The average Bonchev–Trinajstić information content (AvgIpc) is 3.61. The lowest BCUT2D eigenvalue weighted by Crippen LogP contribution is -2.44. The summed E-state index contributed by atoms with van der Waals surface area (Å²) in [7, 11) is -4.11. The Kier molecular flexibility index (Phi) is 6.72. The van der Waals surface area contributed by atoms with Crippen molar-refractivity contribution in [1.29, 1.82) is 0 Å². The van der Waals surface area contributed by atoms with E-state index in [4.69, 9.17) is 27.9 Å². The molecule has 188 valence electrons. The van der Waals surface area contributed by atoms with E-state index in [0.717, 1.165) is 11.1 Å². The van der Waals surface area contributed by atoms with Crippen LogP contribution in [0.1, 0.15) is 17.9 Å². The van der Waals surface area contributed by atoms with Gasteiger partial charge in [0.15, 0.2) is 0 Å². The van der Waals surface area contributed by atoms with Crippen molar-refractivity contribution in [3.63, 3.8) is 0 Å². The molecule has 0 aliphatic heterocycles. The number of nitrogens with one attached hydrogen (secondary N) is 1. The maximum atomic E-state index is 13.2. The predicted octanol–water partition coefficient (Wildman–Crippen LogP) is 6.74. The van der Waals surface area contributed by atoms with Gasteiger partial charge >= 0.3 is 5.97 Å². The summed E-state index contributed by atoms with van der Waals surface area (Å²) in [6.07, 6.45) is 0.120. The fraction of sp³-hybridized carbons (Fsp3) is 0.107. The minimum Gasteiger partial charge on any atom is -0.480 e. The second kappa shape index (κ2) is 9.84. The number of aliphatic carboxylic acids is 1. The van der Waals surface area contributed by atoms with Gasteiger partial charge in [0.25, 0.3) is 0 Å². The van der Waals surface area contributed by atoms with Crippen LogP contribution in [0.15, 0.2) is 102 Å². The summed E-state index contributed by atoms with van der Waals surface area (Å²) in [6.45, 7) is 0. The normalized spacial score (nSPS) is 18.8. The Morgan fingerprint density at radius 1 is 0.838 bits per heavy atom. The quantitative estimate of drug-likeness (QED) is 0.252. The molecule has 1 saturated carbocycles. The van der Waals surface area contributed by atoms with Crippen LogP contribution in [0, 0.1) is 0 Å². The molecule has 0 radical (unpaired) electrons. The molecule has 0 bridgehead atoms. The monoisotopic (exact) mass is 553 g/mol. The van der Waals surface area contributed by atoms with Crippen molar-refractivity contribution in [2.75, 3.05) is 0 Å². The molecule has 2 atom stereocenters. The van der Waals surface area contributed by atoms with Crippen LogP contribution in [0.3, 0.4) is 0 Å². The van der Waals surface area contributed by atoms with Gasteiger partial charge in [0.2, 0.25) is 10.0 Å². The number of ether oxygens (including phenoxy) is 1. The Bertz CT molecular complexity index is 1560. The fourth-order valence-corrected chi connectivity index (χ4v) is 5.92. The molecule has 1 aliphatic rings. The van der Waals surface area contributed by atoms with Gasteiger partial charge < -0.3 is 9.84 Å². The van der Waals surface area contributed by atoms with Gasteiger partial charge in [-0.3, -0.25) is 4.79 Å². The van der Waals surface area contributed by atoms with E-state index in [1.807, 2.05) is 12.1 Å². The molecule has 5 rings (SSSR count). The molecule has 0 amide bonds. The predicted molar refractivity (Wildman–Crippen MR) is 143 cm³/mol. The van der Waals surface area contributed by atoms with Crippen LogP contribution in [-0.2, 0) is 14.8 Å². The fourth-order valence-electron chi connectivity index (χ4n) is 4.26. The molecule has 6 nitrogen and oxygen atoms in total. The molecule has 0 heterocycles. The molecule has 0 saturated heterocycles. The number of benzene rings is 4. The van der Waals surface area contributed by atoms with Crippen LogP contribution in [-0.4, -0.2) is 25.0 Å². The van der Waals surface area contributed by atoms with Gasteiger partial charge in [0.1, 0.15) is 17.0 Å². The molecule has 4 aromatic rings. The number of hydrogen-bond donors (Lipinski definition) is 2. The maximum Gasteiger partial charge on any atom is 0.325 e. The molecular formula is C28H21Cl2NO5S. The molecule has 1 fully saturated rings. The van der Waals surface area contributed by atoms with E-state index in [9.17, 15) is 18.3 Å². The van der Waals surface area contributed by atoms with Gasteiger partial charge in [-0.15, -0.1) is 0 Å². The van der Waals surface area contributed by atoms with Gasteiger partial charge in [-0.1, -0.05) is 59.6 Å². The summed E-state index contributed by atoms with van der Waals surface area (Å²) < 4.78 is 34.6. The first-order valence-corrected chi connectivity index (χ1v) is 13.6. The molecule has 2 N–H and O–H groups in total. The van der Waals surface area contributed by atoms with E-state index >= 15 is 0 Å². The van der Waals surface area contributed by atoms with Crippen LogP contribution in [0.4, 0.5) is 0 Å². The van der Waals surface area contributed by atoms with Crippen molar-refractivity contribution in [3.05, 3.63) is 113 Å². The van der Waals surface area contributed by atoms with Gasteiger partial charge in [-0.25, -0.2) is 8.42 Å². The van der Waals surface area contributed by atoms with E-state index in [1.54, 1.807) is 72.8 Å². The molecule has 4 aromatic carbocycles. The zero-order valence-corrected chi connectivity index (χ0v) is 21.6. The summed E-state index contributed by atoms with van der Waals surface area (Å²) in [4.78, 5) is 12.3. The number of hydrogen-bond acceptors (Lipinski definition) is 4. The third kappa shape index (κ3) is 5.36. The van der Waals surface area contributed by atoms with Crippen LogP contribution >= 0.6 is 23.2 Å². The van der Waals surface area contributed by atoms with Crippen molar-refractivity contribution < 1.29 is 23.1 Å². The molecule has 37 heavy (non-hydrogen) atoms. The summed E-state index contributed by atoms with van der Waals surface area (Å²) in [5.74, 6) is -0.707. The Labute approximate surface area is 224 Å². The minimum atomic E-state index is -4.11. The second-order valence-electron chi connectivity index (χ2n) is 8.80. The minimum absolute atomic E-state index is 0.0173. The SMILES string of the molecule is O=C(O)C1(NS(=O)(=O)c2ccc(-c3ccc(Cl)cc3)cc2)CC1c1cccc(Oc2ccc(Cl)cc2)c1. The summed E-state index contributed by atoms with van der Waals surface area (Å²) in [6, 6.07) is 27.3. The number of rotatable bonds is 8. The van der Waals surface area contributed by atoms with Gasteiger partial charge in [-0.2, -0.15) is 4.72 Å². The smallest absolute Gasteiger partial charge is 0.325 e. The van der Waals surface area contributed by atoms with Crippen LogP contribution < -0.4 is 9.46 Å². The van der Waals surface area contributed by atoms with Crippen molar-refractivity contribution in [3.8, 4) is 22.6 Å². The standard InChI is InChI=1S/C28H21Cl2NO5S/c29-21-8-4-18(5-9-21)19-6-14-25(15-7-19)37(34,35)31-28(27(32)33)17-26(28)20-2-1-3-24(16-20)36-23-12-10-22(30)11-13-23/h1-16,26,31H,17H2,(H,32,33). The van der Waals surface area contributed by atoms with Crippen molar-refractivity contribution >= 4 is 39.2 Å². The third-order valence-electron chi connectivity index (χ3n) is 6.31. The number of carboxylic acid groups (broad SMARTS) is 1. The molecule has 1 aliphatic carbocycles.